The molecule has 2 heterocycles. The molecule has 1 spiro atoms. The lowest BCUT2D eigenvalue weighted by molar-refractivity contribution is 0.0325. The summed E-state index contributed by atoms with van der Waals surface area (Å²) in [4.78, 5) is 2.55. The van der Waals surface area contributed by atoms with Crippen LogP contribution in [0, 0.1) is 5.41 Å². The van der Waals surface area contributed by atoms with Crippen molar-refractivity contribution >= 4 is 0 Å². The summed E-state index contributed by atoms with van der Waals surface area (Å²) in [6, 6.07) is 10.4. The lowest BCUT2D eigenvalue weighted by atomic mass is 9.73. The smallest absolute Gasteiger partial charge is 0.0717 e. The summed E-state index contributed by atoms with van der Waals surface area (Å²) in [5.41, 5.74) is 1.92. The maximum atomic E-state index is 5.76. The standard InChI is InChI=1S/C16H24N2O/c1-2-4-15(5-3-1)12-19-11-10-18-8-6-16(7-9-18)13-17-14-16/h1-5,17H,6-14H2. The third-order valence-corrected chi connectivity index (χ3v) is 4.58. The van der Waals surface area contributed by atoms with E-state index < -0.39 is 0 Å². The van der Waals surface area contributed by atoms with Gasteiger partial charge in [0.2, 0.25) is 0 Å². The van der Waals surface area contributed by atoms with E-state index in [4.69, 9.17) is 4.74 Å². The first-order chi connectivity index (χ1) is 9.36. The minimum Gasteiger partial charge on any atom is -0.375 e. The zero-order valence-corrected chi connectivity index (χ0v) is 11.6. The maximum Gasteiger partial charge on any atom is 0.0717 e. The molecule has 1 N–H and O–H groups in total. The summed E-state index contributed by atoms with van der Waals surface area (Å²) in [5.74, 6) is 0. The molecule has 2 aliphatic heterocycles. The van der Waals surface area contributed by atoms with Crippen LogP contribution in [-0.4, -0.2) is 44.2 Å². The van der Waals surface area contributed by atoms with E-state index in [1.54, 1.807) is 0 Å². The number of likely N-dealkylation sites (tertiary alicyclic amines) is 1. The Kier molecular flexibility index (Phi) is 4.16. The fraction of sp³-hybridized carbons (Fsp3) is 0.625. The molecule has 1 aromatic rings. The minimum absolute atomic E-state index is 0.654. The van der Waals surface area contributed by atoms with Gasteiger partial charge in [0.15, 0.2) is 0 Å². The number of hydrogen-bond donors (Lipinski definition) is 1. The number of rotatable bonds is 5. The highest BCUT2D eigenvalue weighted by molar-refractivity contribution is 5.13. The summed E-state index contributed by atoms with van der Waals surface area (Å²) in [6.45, 7) is 7.64. The van der Waals surface area contributed by atoms with E-state index in [2.05, 4.69) is 34.5 Å². The van der Waals surface area contributed by atoms with Crippen LogP contribution >= 0.6 is 0 Å². The first-order valence-corrected chi connectivity index (χ1v) is 7.41. The van der Waals surface area contributed by atoms with Crippen molar-refractivity contribution in [2.75, 3.05) is 39.3 Å². The Morgan fingerprint density at radius 3 is 2.47 bits per heavy atom. The van der Waals surface area contributed by atoms with E-state index in [-0.39, 0.29) is 0 Å². The van der Waals surface area contributed by atoms with Gasteiger partial charge in [-0.15, -0.1) is 0 Å². The average molecular weight is 260 g/mol. The molecule has 19 heavy (non-hydrogen) atoms. The normalized spacial score (nSPS) is 22.3. The third kappa shape index (κ3) is 3.35. The van der Waals surface area contributed by atoms with E-state index >= 15 is 0 Å². The summed E-state index contributed by atoms with van der Waals surface area (Å²) in [7, 11) is 0. The topological polar surface area (TPSA) is 24.5 Å². The van der Waals surface area contributed by atoms with Gasteiger partial charge in [0.05, 0.1) is 13.2 Å². The van der Waals surface area contributed by atoms with Crippen molar-refractivity contribution in [3.05, 3.63) is 35.9 Å². The Morgan fingerprint density at radius 1 is 1.11 bits per heavy atom. The van der Waals surface area contributed by atoms with Crippen LogP contribution in [0.3, 0.4) is 0 Å². The van der Waals surface area contributed by atoms with Gasteiger partial charge in [0.25, 0.3) is 0 Å². The molecule has 0 bridgehead atoms. The Morgan fingerprint density at radius 2 is 1.84 bits per heavy atom. The summed E-state index contributed by atoms with van der Waals surface area (Å²) >= 11 is 0. The highest BCUT2D eigenvalue weighted by Gasteiger charge is 2.39. The summed E-state index contributed by atoms with van der Waals surface area (Å²) < 4.78 is 5.76. The second-order valence-electron chi connectivity index (χ2n) is 5.98. The van der Waals surface area contributed by atoms with Gasteiger partial charge < -0.3 is 15.0 Å². The molecular weight excluding hydrogens is 236 g/mol. The molecule has 1 aromatic carbocycles. The summed E-state index contributed by atoms with van der Waals surface area (Å²) in [5, 5.41) is 3.41. The molecule has 3 heteroatoms. The zero-order chi connectivity index (χ0) is 13.0. The van der Waals surface area contributed by atoms with Crippen LogP contribution in [0.15, 0.2) is 30.3 Å². The molecule has 3 nitrogen and oxygen atoms in total. The molecule has 2 aliphatic rings. The fourth-order valence-corrected chi connectivity index (χ4v) is 3.04. The maximum absolute atomic E-state index is 5.76. The van der Waals surface area contributed by atoms with Crippen molar-refractivity contribution in [2.24, 2.45) is 5.41 Å². The predicted octanol–water partition coefficient (Wildman–Crippen LogP) is 1.89. The molecule has 0 radical (unpaired) electrons. The van der Waals surface area contributed by atoms with Crippen molar-refractivity contribution in [1.29, 1.82) is 0 Å². The van der Waals surface area contributed by atoms with E-state index in [9.17, 15) is 0 Å². The van der Waals surface area contributed by atoms with Crippen molar-refractivity contribution in [3.8, 4) is 0 Å². The molecule has 2 fully saturated rings. The molecular formula is C16H24N2O. The molecule has 3 rings (SSSR count). The molecule has 104 valence electrons. The van der Waals surface area contributed by atoms with Crippen molar-refractivity contribution in [1.82, 2.24) is 10.2 Å². The number of benzene rings is 1. The average Bonchev–Trinajstić information content (AvgIpc) is 2.44. The van der Waals surface area contributed by atoms with E-state index in [0.29, 0.717) is 5.41 Å². The van der Waals surface area contributed by atoms with Gasteiger partial charge in [0, 0.05) is 19.6 Å². The van der Waals surface area contributed by atoms with Crippen LogP contribution in [0.4, 0.5) is 0 Å². The number of nitrogens with one attached hydrogen (secondary N) is 1. The third-order valence-electron chi connectivity index (χ3n) is 4.58. The van der Waals surface area contributed by atoms with Crippen LogP contribution in [-0.2, 0) is 11.3 Å². The van der Waals surface area contributed by atoms with Crippen LogP contribution < -0.4 is 5.32 Å². The molecule has 0 aliphatic carbocycles. The second kappa shape index (κ2) is 6.04. The number of nitrogens with zero attached hydrogens (tertiary/aromatic N) is 1. The Bertz CT molecular complexity index is 379. The number of hydrogen-bond acceptors (Lipinski definition) is 3. The zero-order valence-electron chi connectivity index (χ0n) is 11.6. The first-order valence-electron chi connectivity index (χ1n) is 7.41. The van der Waals surface area contributed by atoms with Crippen LogP contribution in [0.5, 0.6) is 0 Å². The molecule has 0 saturated carbocycles. The van der Waals surface area contributed by atoms with Crippen molar-refractivity contribution in [3.63, 3.8) is 0 Å². The van der Waals surface area contributed by atoms with Crippen molar-refractivity contribution in [2.45, 2.75) is 19.4 Å². The van der Waals surface area contributed by atoms with Gasteiger partial charge in [0.1, 0.15) is 0 Å². The monoisotopic (exact) mass is 260 g/mol. The fourth-order valence-electron chi connectivity index (χ4n) is 3.04. The van der Waals surface area contributed by atoms with Gasteiger partial charge in [-0.2, -0.15) is 0 Å². The van der Waals surface area contributed by atoms with Gasteiger partial charge in [-0.25, -0.2) is 0 Å². The van der Waals surface area contributed by atoms with Gasteiger partial charge in [-0.05, 0) is 36.9 Å². The second-order valence-corrected chi connectivity index (χ2v) is 5.98. The quantitative estimate of drug-likeness (QED) is 0.818. The van der Waals surface area contributed by atoms with Crippen LogP contribution in [0.25, 0.3) is 0 Å². The first kappa shape index (κ1) is 13.1. The highest BCUT2D eigenvalue weighted by atomic mass is 16.5. The largest absolute Gasteiger partial charge is 0.375 e. The van der Waals surface area contributed by atoms with Gasteiger partial charge in [-0.3, -0.25) is 0 Å². The lowest BCUT2D eigenvalue weighted by Gasteiger charge is -2.48. The predicted molar refractivity (Wildman–Crippen MR) is 77.1 cm³/mol. The number of ether oxygens (including phenoxy) is 1. The molecule has 0 aromatic heterocycles. The molecule has 0 unspecified atom stereocenters. The van der Waals surface area contributed by atoms with Gasteiger partial charge in [-0.1, -0.05) is 30.3 Å². The highest BCUT2D eigenvalue weighted by Crippen LogP contribution is 2.34. The molecule has 0 atom stereocenters. The van der Waals surface area contributed by atoms with Crippen molar-refractivity contribution < 1.29 is 4.74 Å². The van der Waals surface area contributed by atoms with E-state index in [1.165, 1.54) is 44.6 Å². The van der Waals surface area contributed by atoms with Gasteiger partial charge >= 0.3 is 0 Å². The van der Waals surface area contributed by atoms with E-state index in [0.717, 1.165) is 19.8 Å². The van der Waals surface area contributed by atoms with Crippen LogP contribution in [0.2, 0.25) is 0 Å². The summed E-state index contributed by atoms with van der Waals surface area (Å²) in [6.07, 6.45) is 2.72. The minimum atomic E-state index is 0.654. The lowest BCUT2D eigenvalue weighted by Crippen LogP contribution is -2.58. The SMILES string of the molecule is c1ccc(COCCN2CCC3(CC2)CNC3)cc1. The Balaban J connectivity index is 1.31. The Hall–Kier alpha value is -0.900. The van der Waals surface area contributed by atoms with Crippen LogP contribution in [0.1, 0.15) is 18.4 Å². The number of piperidine rings is 1. The molecule has 0 amide bonds. The van der Waals surface area contributed by atoms with E-state index in [1.807, 2.05) is 6.07 Å². The Labute approximate surface area is 115 Å². The molecule has 2 saturated heterocycles.